The molecule has 0 amide bonds. The van der Waals surface area contributed by atoms with Crippen LogP contribution in [0.3, 0.4) is 0 Å². The fourth-order valence-electron chi connectivity index (χ4n) is 1.64. The predicted octanol–water partition coefficient (Wildman–Crippen LogP) is 3.52. The van der Waals surface area contributed by atoms with E-state index in [4.69, 9.17) is 0 Å². The smallest absolute Gasteiger partial charge is 0.136 e. The van der Waals surface area contributed by atoms with Crippen LogP contribution in [0.15, 0.2) is 18.2 Å². The second-order valence-electron chi connectivity index (χ2n) is 4.34. The third-order valence-corrected chi connectivity index (χ3v) is 2.94. The molecule has 0 saturated heterocycles. The lowest BCUT2D eigenvalue weighted by molar-refractivity contribution is 0.288. The van der Waals surface area contributed by atoms with Crippen LogP contribution in [0.1, 0.15) is 19.4 Å². The zero-order chi connectivity index (χ0) is 11.4. The normalized spacial score (nSPS) is 11.4. The molecule has 0 spiro atoms. The van der Waals surface area contributed by atoms with E-state index in [9.17, 15) is 4.39 Å². The van der Waals surface area contributed by atoms with Gasteiger partial charge in [-0.15, -0.1) is 0 Å². The van der Waals surface area contributed by atoms with Gasteiger partial charge in [-0.1, -0.05) is 19.9 Å². The first-order valence-electron chi connectivity index (χ1n) is 5.11. The molecule has 1 aromatic rings. The van der Waals surface area contributed by atoms with Gasteiger partial charge in [-0.05, 0) is 53.3 Å². The minimum atomic E-state index is -0.133. The maximum atomic E-state index is 13.0. The van der Waals surface area contributed by atoms with Crippen LogP contribution in [-0.2, 0) is 6.54 Å². The molecule has 0 bridgehead atoms. The molecule has 0 atom stereocenters. The number of rotatable bonds is 4. The molecule has 0 saturated carbocycles. The van der Waals surface area contributed by atoms with Crippen molar-refractivity contribution in [3.63, 3.8) is 0 Å². The van der Waals surface area contributed by atoms with Gasteiger partial charge in [0.05, 0.1) is 0 Å². The van der Waals surface area contributed by atoms with E-state index >= 15 is 0 Å². The minimum absolute atomic E-state index is 0.133. The lowest BCUT2D eigenvalue weighted by atomic mass is 10.2. The summed E-state index contributed by atoms with van der Waals surface area (Å²) in [5.74, 6) is 0.528. The maximum absolute atomic E-state index is 13.0. The summed E-state index contributed by atoms with van der Waals surface area (Å²) < 4.78 is 13.7. The maximum Gasteiger partial charge on any atom is 0.136 e. The minimum Gasteiger partial charge on any atom is -0.302 e. The number of hydrogen-bond acceptors (Lipinski definition) is 1. The van der Waals surface area contributed by atoms with Crippen LogP contribution < -0.4 is 0 Å². The molecule has 0 radical (unpaired) electrons. The van der Waals surface area contributed by atoms with Crippen molar-refractivity contribution >= 4 is 22.6 Å². The zero-order valence-corrected chi connectivity index (χ0v) is 11.6. The molecule has 84 valence electrons. The molecule has 1 nitrogen and oxygen atoms in total. The molecular weight excluding hydrogens is 304 g/mol. The van der Waals surface area contributed by atoms with Crippen molar-refractivity contribution in [2.45, 2.75) is 20.4 Å². The second kappa shape index (κ2) is 5.80. The van der Waals surface area contributed by atoms with Gasteiger partial charge in [-0.3, -0.25) is 0 Å². The second-order valence-corrected chi connectivity index (χ2v) is 5.50. The van der Waals surface area contributed by atoms with Crippen LogP contribution in [0.5, 0.6) is 0 Å². The fourth-order valence-corrected chi connectivity index (χ4v) is 2.22. The summed E-state index contributed by atoms with van der Waals surface area (Å²) in [4.78, 5) is 2.26. The van der Waals surface area contributed by atoms with Crippen LogP contribution in [0.2, 0.25) is 0 Å². The highest BCUT2D eigenvalue weighted by Crippen LogP contribution is 2.14. The average molecular weight is 321 g/mol. The topological polar surface area (TPSA) is 3.24 Å². The monoisotopic (exact) mass is 321 g/mol. The van der Waals surface area contributed by atoms with Gasteiger partial charge in [0.15, 0.2) is 0 Å². The Morgan fingerprint density at radius 2 is 2.07 bits per heavy atom. The van der Waals surface area contributed by atoms with E-state index < -0.39 is 0 Å². The van der Waals surface area contributed by atoms with Crippen molar-refractivity contribution in [2.24, 2.45) is 5.92 Å². The molecule has 0 aliphatic heterocycles. The molecule has 1 rings (SSSR count). The highest BCUT2D eigenvalue weighted by atomic mass is 127. The van der Waals surface area contributed by atoms with Crippen molar-refractivity contribution in [1.29, 1.82) is 0 Å². The van der Waals surface area contributed by atoms with Crippen molar-refractivity contribution in [2.75, 3.05) is 13.6 Å². The molecule has 0 unspecified atom stereocenters. The third kappa shape index (κ3) is 4.47. The highest BCUT2D eigenvalue weighted by molar-refractivity contribution is 14.1. The standard InChI is InChI=1S/C12H17FIN/c1-9(2)7-15(3)8-10-4-5-11(13)12(14)6-10/h4-6,9H,7-8H2,1-3H3. The van der Waals surface area contributed by atoms with Gasteiger partial charge in [-0.25, -0.2) is 4.39 Å². The van der Waals surface area contributed by atoms with Gasteiger partial charge in [0.2, 0.25) is 0 Å². The Kier molecular flexibility index (Phi) is 4.99. The Morgan fingerprint density at radius 3 is 2.60 bits per heavy atom. The lowest BCUT2D eigenvalue weighted by Gasteiger charge is -2.19. The van der Waals surface area contributed by atoms with Gasteiger partial charge in [-0.2, -0.15) is 0 Å². The highest BCUT2D eigenvalue weighted by Gasteiger charge is 2.05. The number of halogens is 2. The molecule has 0 fully saturated rings. The summed E-state index contributed by atoms with van der Waals surface area (Å²) >= 11 is 2.03. The fraction of sp³-hybridized carbons (Fsp3) is 0.500. The van der Waals surface area contributed by atoms with Crippen molar-refractivity contribution in [3.8, 4) is 0 Å². The molecule has 1 aromatic carbocycles. The van der Waals surface area contributed by atoms with E-state index in [1.807, 2.05) is 34.7 Å². The lowest BCUT2D eigenvalue weighted by Crippen LogP contribution is -2.22. The van der Waals surface area contributed by atoms with Crippen LogP contribution in [0, 0.1) is 15.3 Å². The van der Waals surface area contributed by atoms with E-state index in [2.05, 4.69) is 25.8 Å². The van der Waals surface area contributed by atoms with Gasteiger partial charge >= 0.3 is 0 Å². The van der Waals surface area contributed by atoms with Crippen LogP contribution >= 0.6 is 22.6 Å². The molecule has 0 aromatic heterocycles. The van der Waals surface area contributed by atoms with Crippen LogP contribution in [0.25, 0.3) is 0 Å². The summed E-state index contributed by atoms with van der Waals surface area (Å²) in [6.45, 7) is 6.35. The van der Waals surface area contributed by atoms with Gasteiger partial charge in [0, 0.05) is 16.7 Å². The Bertz CT molecular complexity index is 325. The Hall–Kier alpha value is -0.160. The SMILES string of the molecule is CC(C)CN(C)Cc1ccc(F)c(I)c1. The first-order valence-corrected chi connectivity index (χ1v) is 6.19. The first kappa shape index (κ1) is 12.9. The molecule has 0 aliphatic rings. The molecule has 0 aliphatic carbocycles. The molecule has 0 N–H and O–H groups in total. The molecular formula is C12H17FIN. The van der Waals surface area contributed by atoms with Crippen LogP contribution in [0.4, 0.5) is 4.39 Å². The summed E-state index contributed by atoms with van der Waals surface area (Å²) in [7, 11) is 2.09. The Labute approximate surface area is 105 Å². The molecule has 0 heterocycles. The van der Waals surface area contributed by atoms with Gasteiger partial charge < -0.3 is 4.90 Å². The quantitative estimate of drug-likeness (QED) is 0.767. The van der Waals surface area contributed by atoms with Crippen molar-refractivity contribution in [1.82, 2.24) is 4.90 Å². The largest absolute Gasteiger partial charge is 0.302 e. The average Bonchev–Trinajstić information content (AvgIpc) is 2.10. The van der Waals surface area contributed by atoms with E-state index in [0.29, 0.717) is 9.49 Å². The van der Waals surface area contributed by atoms with Crippen LogP contribution in [-0.4, -0.2) is 18.5 Å². The van der Waals surface area contributed by atoms with Gasteiger partial charge in [0.25, 0.3) is 0 Å². The van der Waals surface area contributed by atoms with Crippen molar-refractivity contribution < 1.29 is 4.39 Å². The third-order valence-electron chi connectivity index (χ3n) is 2.11. The summed E-state index contributed by atoms with van der Waals surface area (Å²) in [6.07, 6.45) is 0. The van der Waals surface area contributed by atoms with E-state index in [1.54, 1.807) is 6.07 Å². The Balaban J connectivity index is 2.60. The number of benzene rings is 1. The summed E-state index contributed by atoms with van der Waals surface area (Å²) in [6, 6.07) is 5.31. The van der Waals surface area contributed by atoms with Crippen molar-refractivity contribution in [3.05, 3.63) is 33.1 Å². The first-order chi connectivity index (χ1) is 6.99. The predicted molar refractivity (Wildman–Crippen MR) is 70.3 cm³/mol. The Morgan fingerprint density at radius 1 is 1.40 bits per heavy atom. The van der Waals surface area contributed by atoms with E-state index in [0.717, 1.165) is 13.1 Å². The zero-order valence-electron chi connectivity index (χ0n) is 9.43. The molecule has 15 heavy (non-hydrogen) atoms. The van der Waals surface area contributed by atoms with Gasteiger partial charge in [0.1, 0.15) is 5.82 Å². The summed E-state index contributed by atoms with van der Waals surface area (Å²) in [5, 5.41) is 0. The number of hydrogen-bond donors (Lipinski definition) is 0. The van der Waals surface area contributed by atoms with E-state index in [1.165, 1.54) is 5.56 Å². The summed E-state index contributed by atoms with van der Waals surface area (Å²) in [5.41, 5.74) is 1.17. The molecule has 3 heteroatoms. The number of nitrogens with zero attached hydrogens (tertiary/aromatic N) is 1. The van der Waals surface area contributed by atoms with E-state index in [-0.39, 0.29) is 5.82 Å².